The minimum Gasteiger partial charge on any atom is -0.456 e. The van der Waals surface area contributed by atoms with Crippen LogP contribution in [0, 0.1) is 0 Å². The molecule has 0 fully saturated rings. The summed E-state index contributed by atoms with van der Waals surface area (Å²) in [6.45, 7) is 0. The highest BCUT2D eigenvalue weighted by Gasteiger charge is 2.19. The Morgan fingerprint density at radius 3 is 1.51 bits per heavy atom. The predicted octanol–water partition coefficient (Wildman–Crippen LogP) is 18.3. The molecular weight excluding hydrogens is 853 g/mol. The lowest BCUT2D eigenvalue weighted by Crippen LogP contribution is -1.94. The Morgan fingerprint density at radius 2 is 0.771 bits per heavy atom. The molecule has 0 atom stereocenters. The van der Waals surface area contributed by atoms with Crippen LogP contribution in [0.3, 0.4) is 0 Å². The van der Waals surface area contributed by atoms with Gasteiger partial charge in [0.2, 0.25) is 0 Å². The van der Waals surface area contributed by atoms with E-state index in [1.165, 1.54) is 10.9 Å². The van der Waals surface area contributed by atoms with Crippen LogP contribution >= 0.6 is 0 Å². The van der Waals surface area contributed by atoms with Crippen molar-refractivity contribution < 1.29 is 15.7 Å². The molecule has 0 aliphatic rings. The normalized spacial score (nSPS) is 13.0. The summed E-state index contributed by atoms with van der Waals surface area (Å²) in [5.74, 6) is 0. The molecule has 0 aliphatic heterocycles. The van der Waals surface area contributed by atoms with Gasteiger partial charge in [-0.05, 0) is 142 Å². The summed E-state index contributed by atoms with van der Waals surface area (Å²) >= 11 is 0. The second-order valence-electron chi connectivity index (χ2n) is 18.1. The molecule has 326 valence electrons. The maximum Gasteiger partial charge on any atom is 0.136 e. The summed E-state index contributed by atoms with van der Waals surface area (Å²) in [7, 11) is 0. The zero-order valence-corrected chi connectivity index (χ0v) is 37.4. The minimum absolute atomic E-state index is 0.145. The summed E-state index contributed by atoms with van der Waals surface area (Å²) in [5.41, 5.74) is 16.8. The molecule has 0 unspecified atom stereocenters. The third-order valence-corrected chi connectivity index (χ3v) is 14.2. The maximum absolute atomic E-state index is 8.83. The molecule has 11 aromatic carbocycles. The zero-order valence-electron chi connectivity index (χ0n) is 42.4. The lowest BCUT2D eigenvalue weighted by atomic mass is 9.99. The lowest BCUT2D eigenvalue weighted by Gasteiger charge is -2.11. The van der Waals surface area contributed by atoms with E-state index in [0.717, 1.165) is 105 Å². The van der Waals surface area contributed by atoms with Gasteiger partial charge in [0.15, 0.2) is 0 Å². The van der Waals surface area contributed by atoms with Crippen LogP contribution in [0.15, 0.2) is 251 Å². The van der Waals surface area contributed by atoms with Crippen molar-refractivity contribution in [1.29, 1.82) is 0 Å². The monoisotopic (exact) mass is 897 g/mol. The van der Waals surface area contributed by atoms with E-state index in [9.17, 15) is 0 Å². The molecule has 0 bridgehead atoms. The summed E-state index contributed by atoms with van der Waals surface area (Å²) in [5, 5.41) is 8.25. The molecule has 0 aliphatic carbocycles. The zero-order chi connectivity index (χ0) is 50.2. The van der Waals surface area contributed by atoms with Crippen LogP contribution in [-0.4, -0.2) is 9.13 Å². The van der Waals surface area contributed by atoms with Gasteiger partial charge in [-0.15, -0.1) is 0 Å². The van der Waals surface area contributed by atoms with Gasteiger partial charge in [0.1, 0.15) is 22.3 Å². The summed E-state index contributed by atoms with van der Waals surface area (Å²) < 4.78 is 59.9. The fraction of sp³-hybridized carbons (Fsp3) is 0. The van der Waals surface area contributed by atoms with Crippen LogP contribution in [0.4, 0.5) is 0 Å². The predicted molar refractivity (Wildman–Crippen MR) is 291 cm³/mol. The Kier molecular flexibility index (Phi) is 7.31. The van der Waals surface area contributed by atoms with Gasteiger partial charge in [-0.2, -0.15) is 0 Å². The molecule has 4 aromatic heterocycles. The van der Waals surface area contributed by atoms with Gasteiger partial charge in [0.05, 0.1) is 28.9 Å². The average molecular weight is 898 g/mol. The van der Waals surface area contributed by atoms with Crippen molar-refractivity contribution in [2.45, 2.75) is 0 Å². The highest BCUT2D eigenvalue weighted by Crippen LogP contribution is 2.42. The Labute approximate surface area is 409 Å². The van der Waals surface area contributed by atoms with E-state index in [1.807, 2.05) is 24.3 Å². The van der Waals surface area contributed by atoms with Crippen LogP contribution in [0.5, 0.6) is 0 Å². The van der Waals surface area contributed by atoms with Crippen LogP contribution in [0.25, 0.3) is 143 Å². The number of hydrogen-bond acceptors (Lipinski definition) is 2. The van der Waals surface area contributed by atoms with Gasteiger partial charge in [0, 0.05) is 54.5 Å². The van der Waals surface area contributed by atoms with Gasteiger partial charge in [0.25, 0.3) is 0 Å². The van der Waals surface area contributed by atoms with Gasteiger partial charge in [-0.3, -0.25) is 0 Å². The molecule has 15 aromatic rings. The highest BCUT2D eigenvalue weighted by molar-refractivity contribution is 6.16. The number of rotatable bonds is 6. The maximum atomic E-state index is 8.83. The molecule has 4 heterocycles. The number of fused-ring (bicyclic) bond motifs is 12. The first kappa shape index (κ1) is 34.0. The fourth-order valence-corrected chi connectivity index (χ4v) is 11.0. The van der Waals surface area contributed by atoms with Crippen molar-refractivity contribution in [2.75, 3.05) is 0 Å². The fourth-order valence-electron chi connectivity index (χ4n) is 11.0. The number of hydrogen-bond donors (Lipinski definition) is 0. The summed E-state index contributed by atoms with van der Waals surface area (Å²) in [4.78, 5) is 0. The molecule has 0 spiro atoms. The minimum atomic E-state index is -0.423. The SMILES string of the molecule is [2H]c1c([2H])c([2H])c(-c2cccc3oc4ccc(-n5c6ccccc6c6cc(-c7ccc8c(c7)c7cc(-c9ccccc9)ccc7n8-c7ccc(-c8ccc9oc%10ccccc%10c9c8)cc7)ccc65)cc4c23)c([2H])c1[2H]. The van der Waals surface area contributed by atoms with Crippen molar-refractivity contribution in [3.8, 4) is 55.9 Å². The first-order chi connectivity index (χ1) is 36.8. The number of para-hydroxylation sites is 2. The van der Waals surface area contributed by atoms with E-state index < -0.39 is 6.04 Å². The third-order valence-electron chi connectivity index (χ3n) is 14.2. The summed E-state index contributed by atoms with van der Waals surface area (Å²) in [6, 6.07) is 72.8. The molecule has 0 N–H and O–H groups in total. The Hall–Kier alpha value is -9.38. The van der Waals surface area contributed by atoms with Crippen molar-refractivity contribution in [1.82, 2.24) is 9.13 Å². The number of aromatic nitrogens is 2. The summed E-state index contributed by atoms with van der Waals surface area (Å²) in [6.07, 6.45) is 0. The van der Waals surface area contributed by atoms with Crippen molar-refractivity contribution >= 4 is 87.5 Å². The second kappa shape index (κ2) is 15.1. The lowest BCUT2D eigenvalue weighted by molar-refractivity contribution is 0.668. The van der Waals surface area contributed by atoms with Gasteiger partial charge >= 0.3 is 0 Å². The van der Waals surface area contributed by atoms with E-state index in [-0.39, 0.29) is 29.7 Å². The Bertz CT molecular complexity index is 4860. The number of furan rings is 2. The van der Waals surface area contributed by atoms with Crippen LogP contribution in [-0.2, 0) is 0 Å². The van der Waals surface area contributed by atoms with Gasteiger partial charge in [-0.1, -0.05) is 145 Å². The third kappa shape index (κ3) is 5.90. The molecular formula is C66H40N2O2. The Morgan fingerprint density at radius 1 is 0.286 bits per heavy atom. The first-order valence-electron chi connectivity index (χ1n) is 26.0. The molecule has 0 saturated carbocycles. The van der Waals surface area contributed by atoms with Crippen molar-refractivity contribution in [3.63, 3.8) is 0 Å². The molecule has 4 heteroatoms. The Balaban J connectivity index is 0.862. The highest BCUT2D eigenvalue weighted by atomic mass is 16.3. The second-order valence-corrected chi connectivity index (χ2v) is 18.1. The first-order valence-corrected chi connectivity index (χ1v) is 23.5. The van der Waals surface area contributed by atoms with Gasteiger partial charge in [-0.25, -0.2) is 0 Å². The number of benzene rings is 11. The largest absolute Gasteiger partial charge is 0.456 e. The molecule has 0 saturated heterocycles. The van der Waals surface area contributed by atoms with E-state index in [4.69, 9.17) is 15.7 Å². The quantitative estimate of drug-likeness (QED) is 0.167. The molecule has 15 rings (SSSR count). The van der Waals surface area contributed by atoms with Gasteiger partial charge < -0.3 is 18.0 Å². The van der Waals surface area contributed by atoms with E-state index >= 15 is 0 Å². The van der Waals surface area contributed by atoms with Crippen molar-refractivity contribution in [3.05, 3.63) is 243 Å². The topological polar surface area (TPSA) is 36.1 Å². The molecule has 0 amide bonds. The molecule has 4 nitrogen and oxygen atoms in total. The van der Waals surface area contributed by atoms with Crippen LogP contribution < -0.4 is 0 Å². The van der Waals surface area contributed by atoms with Crippen LogP contribution in [0.2, 0.25) is 0 Å². The smallest absolute Gasteiger partial charge is 0.136 e. The standard InChI is InChI=1S/C66H40N2O2/c1-3-12-41(13-4-1)44-24-31-60-54(36-44)55-38-47(26-33-61(55)67(60)48-28-22-42(23-29-48)45-27-34-63-56(39-45)52-17-8-10-20-62(52)69-63)46-25-32-59-53(37-46)51-16-7-9-19-58(51)68(59)49-30-35-64-57(40-49)66-50(18-11-21-65(66)70-64)43-14-5-2-6-15-43/h1-40H/i2D,5D,6D,14D,15D. The van der Waals surface area contributed by atoms with E-state index in [0.29, 0.717) is 22.1 Å². The molecule has 70 heavy (non-hydrogen) atoms. The van der Waals surface area contributed by atoms with E-state index in [2.05, 4.69) is 185 Å². The number of nitrogens with zero attached hydrogens (tertiary/aromatic N) is 2. The average Bonchev–Trinajstić information content (AvgIpc) is 4.26. The molecule has 0 radical (unpaired) electrons. The van der Waals surface area contributed by atoms with E-state index in [1.54, 1.807) is 12.1 Å². The van der Waals surface area contributed by atoms with Crippen LogP contribution in [0.1, 0.15) is 6.85 Å². The van der Waals surface area contributed by atoms with Crippen molar-refractivity contribution in [2.24, 2.45) is 0 Å².